The van der Waals surface area contributed by atoms with Gasteiger partial charge in [-0.25, -0.2) is 4.79 Å². The van der Waals surface area contributed by atoms with E-state index in [-0.39, 0.29) is 12.0 Å². The van der Waals surface area contributed by atoms with Crippen LogP contribution < -0.4 is 4.74 Å². The summed E-state index contributed by atoms with van der Waals surface area (Å²) in [6, 6.07) is 6.95. The van der Waals surface area contributed by atoms with E-state index in [0.717, 1.165) is 0 Å². The van der Waals surface area contributed by atoms with Gasteiger partial charge in [0.2, 0.25) is 0 Å². The second-order valence-corrected chi connectivity index (χ2v) is 5.67. The molecule has 0 bridgehead atoms. The fourth-order valence-corrected chi connectivity index (χ4v) is 2.56. The van der Waals surface area contributed by atoms with Gasteiger partial charge >= 0.3 is 6.09 Å². The molecule has 23 heavy (non-hydrogen) atoms. The summed E-state index contributed by atoms with van der Waals surface area (Å²) in [6.45, 7) is 5.71. The van der Waals surface area contributed by atoms with Crippen molar-refractivity contribution in [2.75, 3.05) is 32.8 Å². The second-order valence-electron chi connectivity index (χ2n) is 5.23. The highest BCUT2D eigenvalue weighted by atomic mass is 35.5. The van der Waals surface area contributed by atoms with Crippen LogP contribution in [0.2, 0.25) is 5.02 Å². The quantitative estimate of drug-likeness (QED) is 0.844. The molecule has 1 aromatic rings. The zero-order chi connectivity index (χ0) is 16.8. The van der Waals surface area contributed by atoms with Gasteiger partial charge in [0.1, 0.15) is 5.75 Å². The third kappa shape index (κ3) is 4.76. The van der Waals surface area contributed by atoms with Crippen LogP contribution in [0.4, 0.5) is 4.79 Å². The molecule has 7 heteroatoms. The molecule has 1 heterocycles. The molecule has 126 valence electrons. The first-order valence-electron chi connectivity index (χ1n) is 7.64. The first-order valence-corrected chi connectivity index (χ1v) is 8.01. The summed E-state index contributed by atoms with van der Waals surface area (Å²) < 4.78 is 10.6. The standard InChI is InChI=1S/C16H21ClN2O4/c1-3-22-16(21)19-9-7-18(8-10-19)15(20)12(2)23-14-6-4-5-13(17)11-14/h4-6,11-12H,3,7-10H2,1-2H3/t12-/m0/s1. The molecule has 1 fully saturated rings. The molecule has 0 N–H and O–H groups in total. The van der Waals surface area contributed by atoms with Crippen LogP contribution in [0.15, 0.2) is 24.3 Å². The highest BCUT2D eigenvalue weighted by molar-refractivity contribution is 6.30. The Morgan fingerprint density at radius 3 is 2.48 bits per heavy atom. The summed E-state index contributed by atoms with van der Waals surface area (Å²) >= 11 is 5.90. The van der Waals surface area contributed by atoms with Gasteiger partial charge in [-0.15, -0.1) is 0 Å². The molecule has 0 spiro atoms. The van der Waals surface area contributed by atoms with Crippen molar-refractivity contribution in [2.24, 2.45) is 0 Å². The zero-order valence-corrected chi connectivity index (χ0v) is 14.1. The summed E-state index contributed by atoms with van der Waals surface area (Å²) in [5.74, 6) is 0.456. The third-order valence-electron chi connectivity index (χ3n) is 3.57. The van der Waals surface area contributed by atoms with E-state index in [2.05, 4.69) is 0 Å². The number of hydrogen-bond donors (Lipinski definition) is 0. The number of benzene rings is 1. The van der Waals surface area contributed by atoms with Crippen LogP contribution >= 0.6 is 11.6 Å². The SMILES string of the molecule is CCOC(=O)N1CCN(C(=O)[C@H](C)Oc2cccc(Cl)c2)CC1. The molecular weight excluding hydrogens is 320 g/mol. The van der Waals surface area contributed by atoms with Gasteiger partial charge in [0, 0.05) is 31.2 Å². The molecule has 0 saturated carbocycles. The van der Waals surface area contributed by atoms with Gasteiger partial charge in [0.25, 0.3) is 5.91 Å². The van der Waals surface area contributed by atoms with Gasteiger partial charge < -0.3 is 19.3 Å². The number of carbonyl (C=O) groups is 2. The molecule has 2 rings (SSSR count). The van der Waals surface area contributed by atoms with Crippen LogP contribution in [-0.4, -0.2) is 60.7 Å². The summed E-state index contributed by atoms with van der Waals surface area (Å²) in [5.41, 5.74) is 0. The molecule has 1 saturated heterocycles. The van der Waals surface area contributed by atoms with E-state index in [0.29, 0.717) is 43.6 Å². The highest BCUT2D eigenvalue weighted by Crippen LogP contribution is 2.19. The average molecular weight is 341 g/mol. The topological polar surface area (TPSA) is 59.1 Å². The van der Waals surface area contributed by atoms with E-state index in [1.165, 1.54) is 0 Å². The lowest BCUT2D eigenvalue weighted by molar-refractivity contribution is -0.139. The Morgan fingerprint density at radius 2 is 1.87 bits per heavy atom. The van der Waals surface area contributed by atoms with E-state index >= 15 is 0 Å². The van der Waals surface area contributed by atoms with Crippen molar-refractivity contribution in [3.05, 3.63) is 29.3 Å². The van der Waals surface area contributed by atoms with E-state index in [4.69, 9.17) is 21.1 Å². The largest absolute Gasteiger partial charge is 0.481 e. The number of nitrogens with zero attached hydrogens (tertiary/aromatic N) is 2. The number of rotatable bonds is 4. The number of hydrogen-bond acceptors (Lipinski definition) is 4. The molecule has 0 unspecified atom stereocenters. The van der Waals surface area contributed by atoms with Gasteiger partial charge in [0.15, 0.2) is 6.10 Å². The van der Waals surface area contributed by atoms with E-state index in [1.807, 2.05) is 0 Å². The van der Waals surface area contributed by atoms with Gasteiger partial charge in [-0.1, -0.05) is 17.7 Å². The van der Waals surface area contributed by atoms with Crippen LogP contribution in [0.5, 0.6) is 5.75 Å². The van der Waals surface area contributed by atoms with Crippen LogP contribution in [0.3, 0.4) is 0 Å². The Hall–Kier alpha value is -1.95. The van der Waals surface area contributed by atoms with Gasteiger partial charge in [-0.2, -0.15) is 0 Å². The van der Waals surface area contributed by atoms with Crippen molar-refractivity contribution >= 4 is 23.6 Å². The van der Waals surface area contributed by atoms with Crippen molar-refractivity contribution in [3.63, 3.8) is 0 Å². The minimum atomic E-state index is -0.609. The Kier molecular flexibility index (Phi) is 6.10. The minimum absolute atomic E-state index is 0.103. The third-order valence-corrected chi connectivity index (χ3v) is 3.81. The Morgan fingerprint density at radius 1 is 1.22 bits per heavy atom. The number of halogens is 1. The van der Waals surface area contributed by atoms with E-state index in [1.54, 1.807) is 47.9 Å². The normalized spacial score (nSPS) is 16.0. The van der Waals surface area contributed by atoms with Crippen molar-refractivity contribution in [3.8, 4) is 5.75 Å². The predicted octanol–water partition coefficient (Wildman–Crippen LogP) is 2.41. The first kappa shape index (κ1) is 17.4. The lowest BCUT2D eigenvalue weighted by atomic mass is 10.2. The molecule has 6 nitrogen and oxygen atoms in total. The lowest BCUT2D eigenvalue weighted by Crippen LogP contribution is -2.53. The molecule has 1 aliphatic rings. The van der Waals surface area contributed by atoms with Gasteiger partial charge in [-0.05, 0) is 32.0 Å². The second kappa shape index (κ2) is 8.06. The monoisotopic (exact) mass is 340 g/mol. The molecule has 0 aromatic heterocycles. The Bertz CT molecular complexity index is 559. The average Bonchev–Trinajstić information content (AvgIpc) is 2.54. The Labute approximate surface area is 140 Å². The number of amides is 2. The number of piperazine rings is 1. The molecular formula is C16H21ClN2O4. The van der Waals surface area contributed by atoms with E-state index < -0.39 is 6.10 Å². The van der Waals surface area contributed by atoms with Crippen molar-refractivity contribution in [1.29, 1.82) is 0 Å². The predicted molar refractivity (Wildman–Crippen MR) is 86.7 cm³/mol. The summed E-state index contributed by atoms with van der Waals surface area (Å²) in [6.07, 6.45) is -0.939. The molecule has 1 aliphatic heterocycles. The Balaban J connectivity index is 1.85. The first-order chi connectivity index (χ1) is 11.0. The molecule has 1 atom stereocenters. The molecule has 0 aliphatic carbocycles. The summed E-state index contributed by atoms with van der Waals surface area (Å²) in [5, 5.41) is 0.560. The smallest absolute Gasteiger partial charge is 0.409 e. The van der Waals surface area contributed by atoms with Gasteiger partial charge in [-0.3, -0.25) is 4.79 Å². The fourth-order valence-electron chi connectivity index (χ4n) is 2.38. The maximum atomic E-state index is 12.4. The van der Waals surface area contributed by atoms with Crippen LogP contribution in [0.25, 0.3) is 0 Å². The lowest BCUT2D eigenvalue weighted by Gasteiger charge is -2.35. The van der Waals surface area contributed by atoms with Crippen molar-refractivity contribution in [2.45, 2.75) is 20.0 Å². The molecule has 1 aromatic carbocycles. The maximum absolute atomic E-state index is 12.4. The zero-order valence-electron chi connectivity index (χ0n) is 13.3. The van der Waals surface area contributed by atoms with Crippen LogP contribution in [-0.2, 0) is 9.53 Å². The number of ether oxygens (including phenoxy) is 2. The van der Waals surface area contributed by atoms with Gasteiger partial charge in [0.05, 0.1) is 6.61 Å². The van der Waals surface area contributed by atoms with Crippen LogP contribution in [0, 0.1) is 0 Å². The van der Waals surface area contributed by atoms with Crippen LogP contribution in [0.1, 0.15) is 13.8 Å². The van der Waals surface area contributed by atoms with Crippen molar-refractivity contribution in [1.82, 2.24) is 9.80 Å². The maximum Gasteiger partial charge on any atom is 0.409 e. The molecule has 2 amide bonds. The highest BCUT2D eigenvalue weighted by Gasteiger charge is 2.28. The van der Waals surface area contributed by atoms with E-state index in [9.17, 15) is 9.59 Å². The van der Waals surface area contributed by atoms with Crippen molar-refractivity contribution < 1.29 is 19.1 Å². The summed E-state index contributed by atoms with van der Waals surface area (Å²) in [4.78, 5) is 27.4. The summed E-state index contributed by atoms with van der Waals surface area (Å²) in [7, 11) is 0. The fraction of sp³-hybridized carbons (Fsp3) is 0.500. The molecule has 0 radical (unpaired) electrons. The minimum Gasteiger partial charge on any atom is -0.481 e. The number of carbonyl (C=O) groups excluding carboxylic acids is 2.